The Morgan fingerprint density at radius 3 is 2.81 bits per heavy atom. The molecule has 1 aromatic heterocycles. The van der Waals surface area contributed by atoms with Crippen molar-refractivity contribution in [2.45, 2.75) is 32.7 Å². The number of halogens is 1. The van der Waals surface area contributed by atoms with E-state index in [2.05, 4.69) is 27.9 Å². The van der Waals surface area contributed by atoms with E-state index in [1.54, 1.807) is 6.07 Å². The summed E-state index contributed by atoms with van der Waals surface area (Å²) in [6, 6.07) is 9.46. The zero-order chi connectivity index (χ0) is 17.8. The topological polar surface area (TPSA) is 83.1 Å². The lowest BCUT2D eigenvalue weighted by Gasteiger charge is -2.27. The van der Waals surface area contributed by atoms with Gasteiger partial charge in [0.1, 0.15) is 5.82 Å². The summed E-state index contributed by atoms with van der Waals surface area (Å²) in [6.07, 6.45) is 1.62. The number of pyridine rings is 1. The van der Waals surface area contributed by atoms with Gasteiger partial charge in [0.05, 0.1) is 11.1 Å². The largest absolute Gasteiger partial charge is 0.352 e. The number of aromatic nitrogens is 1. The number of benzene rings is 1. The van der Waals surface area contributed by atoms with E-state index in [4.69, 9.17) is 0 Å². The van der Waals surface area contributed by atoms with E-state index in [0.717, 1.165) is 24.8 Å². The number of para-hydroxylation sites is 1. The molecular weight excluding hydrogens is 352 g/mol. The van der Waals surface area contributed by atoms with Crippen molar-refractivity contribution in [3.63, 3.8) is 0 Å². The van der Waals surface area contributed by atoms with Crippen LogP contribution in [-0.4, -0.2) is 35.9 Å². The van der Waals surface area contributed by atoms with Gasteiger partial charge >= 0.3 is 0 Å². The fraction of sp³-hybridized carbons (Fsp3) is 0.421. The minimum Gasteiger partial charge on any atom is -0.352 e. The van der Waals surface area contributed by atoms with Crippen LogP contribution in [0.15, 0.2) is 30.3 Å². The number of carbonyl (C=O) groups excluding carboxylic acids is 2. The molecular formula is C19H25ClN4O2. The number of carbonyl (C=O) groups is 2. The molecule has 26 heavy (non-hydrogen) atoms. The number of anilines is 1. The van der Waals surface area contributed by atoms with Gasteiger partial charge in [0.15, 0.2) is 0 Å². The van der Waals surface area contributed by atoms with E-state index in [0.29, 0.717) is 29.5 Å². The van der Waals surface area contributed by atoms with Gasteiger partial charge in [-0.3, -0.25) is 9.59 Å². The highest BCUT2D eigenvalue weighted by atomic mass is 35.5. The van der Waals surface area contributed by atoms with Gasteiger partial charge in [-0.15, -0.1) is 12.4 Å². The van der Waals surface area contributed by atoms with Crippen molar-refractivity contribution in [3.05, 3.63) is 35.9 Å². The number of piperidine rings is 1. The Morgan fingerprint density at radius 2 is 2.08 bits per heavy atom. The van der Waals surface area contributed by atoms with Gasteiger partial charge in [-0.2, -0.15) is 0 Å². The predicted octanol–water partition coefficient (Wildman–Crippen LogP) is 2.73. The SMILES string of the molecule is CCNC(=O)c1cc(NC(=O)[C@H]2CCN[C@@H](C)C2)nc2ccccc12.Cl. The van der Waals surface area contributed by atoms with Crippen LogP contribution in [0.4, 0.5) is 5.82 Å². The average Bonchev–Trinajstić information content (AvgIpc) is 2.61. The Bertz CT molecular complexity index is 796. The molecule has 6 nitrogen and oxygen atoms in total. The average molecular weight is 377 g/mol. The number of hydrogen-bond acceptors (Lipinski definition) is 4. The van der Waals surface area contributed by atoms with E-state index in [-0.39, 0.29) is 30.1 Å². The molecule has 0 radical (unpaired) electrons. The lowest BCUT2D eigenvalue weighted by atomic mass is 9.92. The maximum Gasteiger partial charge on any atom is 0.252 e. The molecule has 1 saturated heterocycles. The van der Waals surface area contributed by atoms with Gasteiger partial charge in [-0.05, 0) is 45.4 Å². The van der Waals surface area contributed by atoms with E-state index < -0.39 is 0 Å². The first-order valence-corrected chi connectivity index (χ1v) is 8.80. The molecule has 2 heterocycles. The van der Waals surface area contributed by atoms with Crippen molar-refractivity contribution in [3.8, 4) is 0 Å². The molecule has 1 aromatic carbocycles. The Morgan fingerprint density at radius 1 is 1.31 bits per heavy atom. The fourth-order valence-corrected chi connectivity index (χ4v) is 3.28. The van der Waals surface area contributed by atoms with Gasteiger partial charge < -0.3 is 16.0 Å². The zero-order valence-electron chi connectivity index (χ0n) is 15.0. The maximum atomic E-state index is 12.6. The van der Waals surface area contributed by atoms with Crippen molar-refractivity contribution in [2.24, 2.45) is 5.92 Å². The third-order valence-corrected chi connectivity index (χ3v) is 4.54. The second-order valence-corrected chi connectivity index (χ2v) is 6.50. The minimum atomic E-state index is -0.160. The highest BCUT2D eigenvalue weighted by Crippen LogP contribution is 2.23. The summed E-state index contributed by atoms with van der Waals surface area (Å²) < 4.78 is 0. The zero-order valence-corrected chi connectivity index (χ0v) is 15.9. The lowest BCUT2D eigenvalue weighted by Crippen LogP contribution is -2.40. The number of amides is 2. The van der Waals surface area contributed by atoms with Crippen molar-refractivity contribution in [1.29, 1.82) is 0 Å². The summed E-state index contributed by atoms with van der Waals surface area (Å²) in [4.78, 5) is 29.5. The van der Waals surface area contributed by atoms with Crippen molar-refractivity contribution in [2.75, 3.05) is 18.4 Å². The van der Waals surface area contributed by atoms with Crippen LogP contribution in [0.1, 0.15) is 37.0 Å². The van der Waals surface area contributed by atoms with Crippen LogP contribution in [-0.2, 0) is 4.79 Å². The molecule has 2 amide bonds. The Labute approximate surface area is 159 Å². The normalized spacial score (nSPS) is 19.5. The molecule has 2 atom stereocenters. The standard InChI is InChI=1S/C19H24N4O2.ClH/c1-3-20-19(25)15-11-17(22-16-7-5-4-6-14(15)16)23-18(24)13-8-9-21-12(2)10-13;/h4-7,11-13,21H,3,8-10H2,1-2H3,(H,20,25)(H,22,23,24);1H/t12-,13-;/m0./s1. The summed E-state index contributed by atoms with van der Waals surface area (Å²) in [7, 11) is 0. The predicted molar refractivity (Wildman–Crippen MR) is 106 cm³/mol. The second-order valence-electron chi connectivity index (χ2n) is 6.50. The molecule has 0 unspecified atom stereocenters. The van der Waals surface area contributed by atoms with Gasteiger partial charge in [0.25, 0.3) is 5.91 Å². The number of nitrogens with one attached hydrogen (secondary N) is 3. The molecule has 0 aliphatic carbocycles. The highest BCUT2D eigenvalue weighted by molar-refractivity contribution is 6.07. The molecule has 1 aliphatic heterocycles. The van der Waals surface area contributed by atoms with Crippen molar-refractivity contribution < 1.29 is 9.59 Å². The smallest absolute Gasteiger partial charge is 0.252 e. The summed E-state index contributed by atoms with van der Waals surface area (Å²) in [6.45, 7) is 5.35. The van der Waals surface area contributed by atoms with Crippen LogP contribution >= 0.6 is 12.4 Å². The van der Waals surface area contributed by atoms with Crippen LogP contribution in [0.25, 0.3) is 10.9 Å². The number of hydrogen-bond donors (Lipinski definition) is 3. The van der Waals surface area contributed by atoms with Crippen LogP contribution < -0.4 is 16.0 Å². The van der Waals surface area contributed by atoms with Crippen molar-refractivity contribution in [1.82, 2.24) is 15.6 Å². The molecule has 3 rings (SSSR count). The fourth-order valence-electron chi connectivity index (χ4n) is 3.28. The minimum absolute atomic E-state index is 0. The summed E-state index contributed by atoms with van der Waals surface area (Å²) >= 11 is 0. The summed E-state index contributed by atoms with van der Waals surface area (Å²) in [5.41, 5.74) is 1.22. The summed E-state index contributed by atoms with van der Waals surface area (Å²) in [5.74, 6) is 0.207. The first-order chi connectivity index (χ1) is 12.1. The van der Waals surface area contributed by atoms with Gasteiger partial charge in [0, 0.05) is 23.9 Å². The van der Waals surface area contributed by atoms with E-state index in [1.165, 1.54) is 0 Å². The monoisotopic (exact) mass is 376 g/mol. The Balaban J connectivity index is 0.00000243. The molecule has 0 spiro atoms. The molecule has 0 saturated carbocycles. The first kappa shape index (κ1) is 20.1. The molecule has 140 valence electrons. The maximum absolute atomic E-state index is 12.6. The quantitative estimate of drug-likeness (QED) is 0.766. The molecule has 2 aromatic rings. The molecule has 7 heteroatoms. The molecule has 0 bridgehead atoms. The third kappa shape index (κ3) is 4.51. The van der Waals surface area contributed by atoms with E-state index in [9.17, 15) is 9.59 Å². The molecule has 3 N–H and O–H groups in total. The Hall–Kier alpha value is -2.18. The Kier molecular flexibility index (Phi) is 6.94. The number of nitrogens with zero attached hydrogens (tertiary/aromatic N) is 1. The van der Waals surface area contributed by atoms with Gasteiger partial charge in [0.2, 0.25) is 5.91 Å². The van der Waals surface area contributed by atoms with Crippen LogP contribution in [0.5, 0.6) is 0 Å². The van der Waals surface area contributed by atoms with Crippen molar-refractivity contribution >= 4 is 40.9 Å². The number of rotatable bonds is 4. The van der Waals surface area contributed by atoms with Gasteiger partial charge in [-0.25, -0.2) is 4.98 Å². The van der Waals surface area contributed by atoms with Crippen LogP contribution in [0, 0.1) is 5.92 Å². The van der Waals surface area contributed by atoms with E-state index in [1.807, 2.05) is 31.2 Å². The number of fused-ring (bicyclic) bond motifs is 1. The first-order valence-electron chi connectivity index (χ1n) is 8.80. The summed E-state index contributed by atoms with van der Waals surface area (Å²) in [5, 5.41) is 9.84. The highest BCUT2D eigenvalue weighted by Gasteiger charge is 2.25. The molecule has 1 aliphatic rings. The molecule has 1 fully saturated rings. The van der Waals surface area contributed by atoms with Crippen LogP contribution in [0.3, 0.4) is 0 Å². The lowest BCUT2D eigenvalue weighted by molar-refractivity contribution is -0.120. The third-order valence-electron chi connectivity index (χ3n) is 4.54. The van der Waals surface area contributed by atoms with Gasteiger partial charge in [-0.1, -0.05) is 18.2 Å². The van der Waals surface area contributed by atoms with Crippen LogP contribution in [0.2, 0.25) is 0 Å². The van der Waals surface area contributed by atoms with E-state index >= 15 is 0 Å². The second kappa shape index (κ2) is 8.96.